The zero-order chi connectivity index (χ0) is 22.1. The average molecular weight is 424 g/mol. The minimum atomic E-state index is -0.202. The first-order valence-corrected chi connectivity index (χ1v) is 10.8. The highest BCUT2D eigenvalue weighted by atomic mass is 16.5. The molecule has 1 saturated carbocycles. The Bertz CT molecular complexity index is 876. The number of urea groups is 1. The number of benzene rings is 2. The average Bonchev–Trinajstić information content (AvgIpc) is 3.58. The van der Waals surface area contributed by atoms with E-state index < -0.39 is 0 Å². The number of nitrogens with one attached hydrogen (secondary N) is 4. The first-order chi connectivity index (χ1) is 15.0. The Morgan fingerprint density at radius 2 is 1.77 bits per heavy atom. The fourth-order valence-corrected chi connectivity index (χ4v) is 3.00. The topological polar surface area (TPSA) is 86.8 Å². The zero-order valence-corrected chi connectivity index (χ0v) is 18.6. The van der Waals surface area contributed by atoms with Crippen molar-refractivity contribution in [2.45, 2.75) is 45.8 Å². The fourth-order valence-electron chi connectivity index (χ4n) is 3.00. The lowest BCUT2D eigenvalue weighted by molar-refractivity contribution is 0.250. The maximum Gasteiger partial charge on any atom is 0.319 e. The number of rotatable bonds is 9. The van der Waals surface area contributed by atoms with Crippen LogP contribution in [-0.4, -0.2) is 31.7 Å². The summed E-state index contributed by atoms with van der Waals surface area (Å²) >= 11 is 0. The number of aliphatic imine (C=N–C) groups is 1. The molecular weight excluding hydrogens is 390 g/mol. The van der Waals surface area contributed by atoms with Crippen LogP contribution in [0.25, 0.3) is 0 Å². The summed E-state index contributed by atoms with van der Waals surface area (Å²) in [5.74, 6) is 2.37. The molecule has 2 amide bonds. The Labute approximate surface area is 184 Å². The SMILES string of the molecule is CN=C(NCc1ccc(NC(=O)NC(C)C)cc1)NCc1ccccc1OCC1CC1. The zero-order valence-electron chi connectivity index (χ0n) is 18.6. The Hall–Kier alpha value is -3.22. The van der Waals surface area contributed by atoms with E-state index in [9.17, 15) is 4.79 Å². The van der Waals surface area contributed by atoms with Gasteiger partial charge in [-0.2, -0.15) is 0 Å². The normalized spacial score (nSPS) is 13.6. The molecule has 31 heavy (non-hydrogen) atoms. The summed E-state index contributed by atoms with van der Waals surface area (Å²) in [5.41, 5.74) is 2.96. The van der Waals surface area contributed by atoms with Crippen LogP contribution in [0.15, 0.2) is 53.5 Å². The molecule has 2 aromatic rings. The molecule has 0 heterocycles. The predicted octanol–water partition coefficient (Wildman–Crippen LogP) is 3.87. The largest absolute Gasteiger partial charge is 0.493 e. The number of amides is 2. The number of ether oxygens (including phenoxy) is 1. The number of carbonyl (C=O) groups excluding carboxylic acids is 1. The molecule has 7 heteroatoms. The van der Waals surface area contributed by atoms with Crippen LogP contribution in [0.4, 0.5) is 10.5 Å². The minimum Gasteiger partial charge on any atom is -0.493 e. The van der Waals surface area contributed by atoms with Crippen molar-refractivity contribution in [3.8, 4) is 5.75 Å². The van der Waals surface area contributed by atoms with E-state index in [1.54, 1.807) is 7.05 Å². The Balaban J connectivity index is 1.46. The van der Waals surface area contributed by atoms with E-state index in [0.29, 0.717) is 13.1 Å². The van der Waals surface area contributed by atoms with Gasteiger partial charge in [-0.3, -0.25) is 4.99 Å². The second-order valence-corrected chi connectivity index (χ2v) is 8.09. The first kappa shape index (κ1) is 22.5. The molecule has 3 rings (SSSR count). The van der Waals surface area contributed by atoms with Gasteiger partial charge in [0.25, 0.3) is 0 Å². The van der Waals surface area contributed by atoms with Crippen molar-refractivity contribution < 1.29 is 9.53 Å². The molecular formula is C24H33N5O2. The van der Waals surface area contributed by atoms with Crippen LogP contribution >= 0.6 is 0 Å². The van der Waals surface area contributed by atoms with Gasteiger partial charge in [0.05, 0.1) is 6.61 Å². The minimum absolute atomic E-state index is 0.0967. The Morgan fingerprint density at radius 1 is 1.06 bits per heavy atom. The molecule has 1 fully saturated rings. The maximum atomic E-state index is 11.8. The van der Waals surface area contributed by atoms with Gasteiger partial charge in [0.1, 0.15) is 5.75 Å². The first-order valence-electron chi connectivity index (χ1n) is 10.8. The van der Waals surface area contributed by atoms with E-state index in [1.165, 1.54) is 12.8 Å². The van der Waals surface area contributed by atoms with Gasteiger partial charge in [-0.1, -0.05) is 30.3 Å². The van der Waals surface area contributed by atoms with Crippen molar-refractivity contribution in [1.82, 2.24) is 16.0 Å². The van der Waals surface area contributed by atoms with Crippen LogP contribution in [0.1, 0.15) is 37.8 Å². The van der Waals surface area contributed by atoms with Gasteiger partial charge in [0.2, 0.25) is 0 Å². The van der Waals surface area contributed by atoms with E-state index in [2.05, 4.69) is 32.3 Å². The molecule has 166 valence electrons. The predicted molar refractivity (Wildman–Crippen MR) is 125 cm³/mol. The van der Waals surface area contributed by atoms with Gasteiger partial charge in [-0.25, -0.2) is 4.79 Å². The van der Waals surface area contributed by atoms with Crippen molar-refractivity contribution in [3.05, 3.63) is 59.7 Å². The van der Waals surface area contributed by atoms with E-state index in [-0.39, 0.29) is 12.1 Å². The molecule has 0 aliphatic heterocycles. The molecule has 0 spiro atoms. The third-order valence-corrected chi connectivity index (χ3v) is 4.91. The molecule has 0 bridgehead atoms. The van der Waals surface area contributed by atoms with Crippen LogP contribution < -0.4 is 26.0 Å². The summed E-state index contributed by atoms with van der Waals surface area (Å²) in [4.78, 5) is 16.1. The van der Waals surface area contributed by atoms with Crippen LogP contribution in [0.3, 0.4) is 0 Å². The lowest BCUT2D eigenvalue weighted by Crippen LogP contribution is -2.36. The molecule has 2 aromatic carbocycles. The van der Waals surface area contributed by atoms with Crippen molar-refractivity contribution in [2.24, 2.45) is 10.9 Å². The number of nitrogens with zero attached hydrogens (tertiary/aromatic N) is 1. The number of hydrogen-bond acceptors (Lipinski definition) is 3. The van der Waals surface area contributed by atoms with Gasteiger partial charge < -0.3 is 26.0 Å². The summed E-state index contributed by atoms with van der Waals surface area (Å²) in [5, 5.41) is 12.3. The Morgan fingerprint density at radius 3 is 2.45 bits per heavy atom. The van der Waals surface area contributed by atoms with Crippen LogP contribution in [0.2, 0.25) is 0 Å². The highest BCUT2D eigenvalue weighted by Gasteiger charge is 2.22. The molecule has 0 aromatic heterocycles. The van der Waals surface area contributed by atoms with E-state index in [0.717, 1.165) is 41.0 Å². The molecule has 7 nitrogen and oxygen atoms in total. The Kier molecular flexibility index (Phi) is 8.15. The summed E-state index contributed by atoms with van der Waals surface area (Å²) < 4.78 is 5.98. The summed E-state index contributed by atoms with van der Waals surface area (Å²) in [6.07, 6.45) is 2.55. The van der Waals surface area contributed by atoms with Gasteiger partial charge in [0.15, 0.2) is 5.96 Å². The van der Waals surface area contributed by atoms with E-state index in [1.807, 2.05) is 56.3 Å². The van der Waals surface area contributed by atoms with E-state index in [4.69, 9.17) is 4.74 Å². The van der Waals surface area contributed by atoms with Crippen LogP contribution in [-0.2, 0) is 13.1 Å². The molecule has 0 unspecified atom stereocenters. The van der Waals surface area contributed by atoms with Crippen molar-refractivity contribution in [1.29, 1.82) is 0 Å². The molecule has 1 aliphatic rings. The van der Waals surface area contributed by atoms with Gasteiger partial charge >= 0.3 is 6.03 Å². The highest BCUT2D eigenvalue weighted by Crippen LogP contribution is 2.30. The number of hydrogen-bond donors (Lipinski definition) is 4. The molecule has 4 N–H and O–H groups in total. The van der Waals surface area contributed by atoms with Crippen LogP contribution in [0, 0.1) is 5.92 Å². The van der Waals surface area contributed by atoms with Gasteiger partial charge in [-0.05, 0) is 56.4 Å². The number of guanidine groups is 1. The highest BCUT2D eigenvalue weighted by molar-refractivity contribution is 5.89. The number of carbonyl (C=O) groups is 1. The molecule has 0 saturated heterocycles. The third kappa shape index (κ3) is 7.85. The monoisotopic (exact) mass is 423 g/mol. The lowest BCUT2D eigenvalue weighted by Gasteiger charge is -2.15. The molecule has 1 aliphatic carbocycles. The van der Waals surface area contributed by atoms with Crippen molar-refractivity contribution in [3.63, 3.8) is 0 Å². The van der Waals surface area contributed by atoms with Crippen molar-refractivity contribution >= 4 is 17.7 Å². The van der Waals surface area contributed by atoms with E-state index >= 15 is 0 Å². The maximum absolute atomic E-state index is 11.8. The quantitative estimate of drug-likeness (QED) is 0.364. The summed E-state index contributed by atoms with van der Waals surface area (Å²) in [7, 11) is 1.76. The second-order valence-electron chi connectivity index (χ2n) is 8.09. The fraction of sp³-hybridized carbons (Fsp3) is 0.417. The van der Waals surface area contributed by atoms with Gasteiger partial charge in [0, 0.05) is 37.4 Å². The van der Waals surface area contributed by atoms with Gasteiger partial charge in [-0.15, -0.1) is 0 Å². The number of para-hydroxylation sites is 1. The van der Waals surface area contributed by atoms with Crippen molar-refractivity contribution in [2.75, 3.05) is 19.0 Å². The molecule has 0 radical (unpaired) electrons. The summed E-state index contributed by atoms with van der Waals surface area (Å²) in [6.45, 7) is 5.91. The lowest BCUT2D eigenvalue weighted by atomic mass is 10.2. The number of anilines is 1. The molecule has 0 atom stereocenters. The summed E-state index contributed by atoms with van der Waals surface area (Å²) in [6, 6.07) is 15.7. The second kappa shape index (κ2) is 11.2. The third-order valence-electron chi connectivity index (χ3n) is 4.91. The van der Waals surface area contributed by atoms with Crippen LogP contribution in [0.5, 0.6) is 5.75 Å². The standard InChI is InChI=1S/C24H33N5O2/c1-17(2)28-24(30)29-21-12-10-18(11-13-21)14-26-23(25-3)27-15-20-6-4-5-7-22(20)31-16-19-8-9-19/h4-7,10-13,17,19H,8-9,14-16H2,1-3H3,(H2,25,26,27)(H2,28,29,30). The smallest absolute Gasteiger partial charge is 0.319 e.